The molecule has 2 rings (SSSR count). The first-order chi connectivity index (χ1) is 6.26. The molecule has 13 heavy (non-hydrogen) atoms. The summed E-state index contributed by atoms with van der Waals surface area (Å²) in [6.07, 6.45) is 12.9. The van der Waals surface area contributed by atoms with E-state index in [1.54, 1.807) is 11.1 Å². The Hall–Kier alpha value is -0.520. The topological polar surface area (TPSA) is 0 Å². The summed E-state index contributed by atoms with van der Waals surface area (Å²) in [6, 6.07) is 0. The van der Waals surface area contributed by atoms with Crippen LogP contribution in [0.2, 0.25) is 0 Å². The molecule has 1 unspecified atom stereocenters. The molecule has 0 aromatic rings. The van der Waals surface area contributed by atoms with E-state index in [1.165, 1.54) is 38.5 Å². The molecule has 0 nitrogen and oxygen atoms in total. The molecular formula is C13H20. The van der Waals surface area contributed by atoms with Crippen LogP contribution in [-0.2, 0) is 0 Å². The van der Waals surface area contributed by atoms with Crippen LogP contribution in [0.5, 0.6) is 0 Å². The number of hydrogen-bond acceptors (Lipinski definition) is 0. The van der Waals surface area contributed by atoms with Gasteiger partial charge in [0.15, 0.2) is 0 Å². The van der Waals surface area contributed by atoms with Crippen LogP contribution in [-0.4, -0.2) is 0 Å². The van der Waals surface area contributed by atoms with Gasteiger partial charge in [-0.2, -0.15) is 0 Å². The molecule has 2 aliphatic rings. The zero-order valence-electron chi connectivity index (χ0n) is 8.90. The van der Waals surface area contributed by atoms with E-state index in [0.717, 1.165) is 0 Å². The van der Waals surface area contributed by atoms with Gasteiger partial charge in [0, 0.05) is 0 Å². The maximum Gasteiger partial charge on any atom is -0.00726 e. The maximum absolute atomic E-state index is 2.46. The van der Waals surface area contributed by atoms with Gasteiger partial charge in [-0.1, -0.05) is 44.4 Å². The minimum Gasteiger partial charge on any atom is -0.0802 e. The van der Waals surface area contributed by atoms with Gasteiger partial charge >= 0.3 is 0 Å². The predicted octanol–water partition coefficient (Wildman–Crippen LogP) is 4.23. The Labute approximate surface area is 81.7 Å². The molecule has 2 aliphatic carbocycles. The van der Waals surface area contributed by atoms with Crippen LogP contribution in [0, 0.1) is 5.41 Å². The largest absolute Gasteiger partial charge is 0.0802 e. The fourth-order valence-electron chi connectivity index (χ4n) is 2.80. The summed E-state index contributed by atoms with van der Waals surface area (Å²) >= 11 is 0. The van der Waals surface area contributed by atoms with Gasteiger partial charge in [0.05, 0.1) is 0 Å². The van der Waals surface area contributed by atoms with Crippen molar-refractivity contribution in [1.82, 2.24) is 0 Å². The highest BCUT2D eigenvalue weighted by Gasteiger charge is 2.35. The monoisotopic (exact) mass is 176 g/mol. The third-order valence-electron chi connectivity index (χ3n) is 3.74. The van der Waals surface area contributed by atoms with Gasteiger partial charge in [0.25, 0.3) is 0 Å². The van der Waals surface area contributed by atoms with Crippen LogP contribution in [0.1, 0.15) is 52.4 Å². The average molecular weight is 176 g/mol. The van der Waals surface area contributed by atoms with E-state index >= 15 is 0 Å². The van der Waals surface area contributed by atoms with Crippen LogP contribution in [0.15, 0.2) is 23.3 Å². The summed E-state index contributed by atoms with van der Waals surface area (Å²) < 4.78 is 0. The Morgan fingerprint density at radius 1 is 1.46 bits per heavy atom. The SMILES string of the molecule is CCCCC1(C)CCC2=C1C=CC2. The van der Waals surface area contributed by atoms with Crippen molar-refractivity contribution in [3.63, 3.8) is 0 Å². The first-order valence-electron chi connectivity index (χ1n) is 5.65. The van der Waals surface area contributed by atoms with Crippen LogP contribution in [0.25, 0.3) is 0 Å². The molecule has 0 aliphatic heterocycles. The van der Waals surface area contributed by atoms with Crippen molar-refractivity contribution in [1.29, 1.82) is 0 Å². The molecule has 0 fully saturated rings. The van der Waals surface area contributed by atoms with E-state index < -0.39 is 0 Å². The lowest BCUT2D eigenvalue weighted by Gasteiger charge is -2.26. The second-order valence-electron chi connectivity index (χ2n) is 4.79. The molecule has 0 N–H and O–H groups in total. The molecule has 0 heteroatoms. The van der Waals surface area contributed by atoms with Crippen LogP contribution in [0.4, 0.5) is 0 Å². The van der Waals surface area contributed by atoms with Gasteiger partial charge in [-0.3, -0.25) is 0 Å². The van der Waals surface area contributed by atoms with Crippen molar-refractivity contribution in [3.05, 3.63) is 23.3 Å². The molecule has 0 saturated heterocycles. The number of allylic oxidation sites excluding steroid dienone is 4. The molecule has 0 saturated carbocycles. The molecule has 0 bridgehead atoms. The Morgan fingerprint density at radius 3 is 3.08 bits per heavy atom. The minimum atomic E-state index is 0.540. The fourth-order valence-corrected chi connectivity index (χ4v) is 2.80. The van der Waals surface area contributed by atoms with Crippen LogP contribution >= 0.6 is 0 Å². The van der Waals surface area contributed by atoms with Crippen molar-refractivity contribution in [3.8, 4) is 0 Å². The Morgan fingerprint density at radius 2 is 2.31 bits per heavy atom. The third-order valence-corrected chi connectivity index (χ3v) is 3.74. The molecule has 0 amide bonds. The summed E-state index contributed by atoms with van der Waals surface area (Å²) in [5, 5.41) is 0. The fraction of sp³-hybridized carbons (Fsp3) is 0.692. The molecule has 1 atom stereocenters. The Bertz CT molecular complexity index is 257. The van der Waals surface area contributed by atoms with Crippen molar-refractivity contribution < 1.29 is 0 Å². The summed E-state index contributed by atoms with van der Waals surface area (Å²) in [5.41, 5.74) is 3.97. The molecule has 0 aromatic heterocycles. The zero-order valence-corrected chi connectivity index (χ0v) is 8.90. The summed E-state index contributed by atoms with van der Waals surface area (Å²) in [5.74, 6) is 0. The molecular weight excluding hydrogens is 156 g/mol. The molecule has 0 aromatic carbocycles. The van der Waals surface area contributed by atoms with Crippen molar-refractivity contribution in [2.24, 2.45) is 5.41 Å². The second kappa shape index (κ2) is 3.32. The zero-order chi connectivity index (χ0) is 9.31. The first kappa shape index (κ1) is 9.05. The van der Waals surface area contributed by atoms with E-state index in [0.29, 0.717) is 5.41 Å². The number of unbranched alkanes of at least 4 members (excludes halogenated alkanes) is 1. The summed E-state index contributed by atoms with van der Waals surface area (Å²) in [4.78, 5) is 0. The van der Waals surface area contributed by atoms with Gasteiger partial charge in [-0.05, 0) is 36.7 Å². The smallest absolute Gasteiger partial charge is 0.00726 e. The average Bonchev–Trinajstić information content (AvgIpc) is 2.68. The van der Waals surface area contributed by atoms with Crippen molar-refractivity contribution in [2.45, 2.75) is 52.4 Å². The van der Waals surface area contributed by atoms with Gasteiger partial charge in [0.2, 0.25) is 0 Å². The van der Waals surface area contributed by atoms with Gasteiger partial charge in [-0.15, -0.1) is 0 Å². The number of hydrogen-bond donors (Lipinski definition) is 0. The third kappa shape index (κ3) is 1.47. The minimum absolute atomic E-state index is 0.540. The van der Waals surface area contributed by atoms with E-state index in [2.05, 4.69) is 26.0 Å². The Kier molecular flexibility index (Phi) is 2.31. The predicted molar refractivity (Wildman–Crippen MR) is 57.6 cm³/mol. The molecule has 72 valence electrons. The molecule has 0 heterocycles. The number of rotatable bonds is 3. The molecule has 0 spiro atoms. The van der Waals surface area contributed by atoms with Crippen molar-refractivity contribution in [2.75, 3.05) is 0 Å². The van der Waals surface area contributed by atoms with Gasteiger partial charge in [-0.25, -0.2) is 0 Å². The van der Waals surface area contributed by atoms with E-state index in [9.17, 15) is 0 Å². The van der Waals surface area contributed by atoms with Crippen LogP contribution < -0.4 is 0 Å². The lowest BCUT2D eigenvalue weighted by Crippen LogP contribution is -2.14. The van der Waals surface area contributed by atoms with Crippen molar-refractivity contribution >= 4 is 0 Å². The van der Waals surface area contributed by atoms with Gasteiger partial charge < -0.3 is 0 Å². The second-order valence-corrected chi connectivity index (χ2v) is 4.79. The quantitative estimate of drug-likeness (QED) is 0.603. The highest BCUT2D eigenvalue weighted by molar-refractivity contribution is 5.42. The molecule has 0 radical (unpaired) electrons. The van der Waals surface area contributed by atoms with Crippen LogP contribution in [0.3, 0.4) is 0 Å². The lowest BCUT2D eigenvalue weighted by molar-refractivity contribution is 0.355. The highest BCUT2D eigenvalue weighted by Crippen LogP contribution is 2.49. The highest BCUT2D eigenvalue weighted by atomic mass is 14.4. The summed E-state index contributed by atoms with van der Waals surface area (Å²) in [7, 11) is 0. The van der Waals surface area contributed by atoms with Gasteiger partial charge in [0.1, 0.15) is 0 Å². The lowest BCUT2D eigenvalue weighted by atomic mass is 9.79. The van der Waals surface area contributed by atoms with E-state index in [1.807, 2.05) is 0 Å². The van der Waals surface area contributed by atoms with E-state index in [4.69, 9.17) is 0 Å². The first-order valence-corrected chi connectivity index (χ1v) is 5.65. The maximum atomic E-state index is 2.46. The standard InChI is InChI=1S/C13H20/c1-3-4-9-13(2)10-8-11-6-5-7-12(11)13/h5,7H,3-4,6,8-10H2,1-2H3. The Balaban J connectivity index is 2.11. The van der Waals surface area contributed by atoms with E-state index in [-0.39, 0.29) is 0 Å². The normalized spacial score (nSPS) is 31.5. The summed E-state index contributed by atoms with van der Waals surface area (Å²) in [6.45, 7) is 4.75.